The summed E-state index contributed by atoms with van der Waals surface area (Å²) < 4.78 is 42.2. The van der Waals surface area contributed by atoms with Crippen molar-refractivity contribution in [1.29, 1.82) is 0 Å². The maximum atomic E-state index is 10.2. The zero-order chi connectivity index (χ0) is 39.9. The second-order valence-electron chi connectivity index (χ2n) is 14.8. The van der Waals surface area contributed by atoms with Crippen molar-refractivity contribution in [1.82, 2.24) is 0 Å². The molecule has 0 amide bonds. The van der Waals surface area contributed by atoms with Crippen LogP contribution in [-0.2, 0) is 40.8 Å². The Hall–Kier alpha value is 1.50. The maximum Gasteiger partial charge on any atom is 1.00 e. The largest absolute Gasteiger partial charge is 1.00 e. The first-order valence-electron chi connectivity index (χ1n) is 16.5. The number of phenolic OH excluding ortho intramolecular Hbond substituents is 1. The van der Waals surface area contributed by atoms with E-state index in [4.69, 9.17) is 30.4 Å². The number of ether oxygens (including phenoxy) is 5. The van der Waals surface area contributed by atoms with Gasteiger partial charge in [-0.1, -0.05) is 99.0 Å². The summed E-state index contributed by atoms with van der Waals surface area (Å²) >= 11 is 3.18. The molecular formula is C38H66BrCs2FO9. The number of hydrogen-bond acceptors (Lipinski definition) is 9. The fraction of sp³-hybridized carbons (Fsp3) is 0.658. The average molecular weight is 1030 g/mol. The van der Waals surface area contributed by atoms with E-state index in [2.05, 4.69) is 121 Å². The summed E-state index contributed by atoms with van der Waals surface area (Å²) in [5.41, 5.74) is 4.13. The van der Waals surface area contributed by atoms with E-state index in [1.807, 2.05) is 12.1 Å². The Morgan fingerprint density at radius 1 is 0.706 bits per heavy atom. The Morgan fingerprint density at radius 2 is 1.02 bits per heavy atom. The Morgan fingerprint density at radius 3 is 1.29 bits per heavy atom. The van der Waals surface area contributed by atoms with E-state index < -0.39 is 7.15 Å². The average Bonchev–Trinajstić information content (AvgIpc) is 3.00. The van der Waals surface area contributed by atoms with Gasteiger partial charge >= 0.3 is 138 Å². The minimum Gasteiger partial charge on any atom is -1.00 e. The van der Waals surface area contributed by atoms with Crippen LogP contribution >= 0.6 is 15.9 Å². The molecule has 0 spiro atoms. The molecule has 0 aliphatic heterocycles. The molecule has 0 aliphatic rings. The van der Waals surface area contributed by atoms with Crippen molar-refractivity contribution >= 4 is 22.4 Å². The molecule has 0 aromatic heterocycles. The molecule has 0 heterocycles. The number of halogens is 2. The maximum absolute atomic E-state index is 10.2. The molecule has 0 saturated carbocycles. The van der Waals surface area contributed by atoms with Crippen molar-refractivity contribution in [2.24, 2.45) is 0 Å². The fourth-order valence-corrected chi connectivity index (χ4v) is 4.58. The smallest absolute Gasteiger partial charge is 1.00 e. The van der Waals surface area contributed by atoms with Gasteiger partial charge in [-0.05, 0) is 45.9 Å². The molecule has 0 unspecified atom stereocenters. The van der Waals surface area contributed by atoms with Gasteiger partial charge in [0.15, 0.2) is 0 Å². The first-order chi connectivity index (χ1) is 22.9. The number of hydrogen-bond donors (Lipinski definition) is 1. The van der Waals surface area contributed by atoms with Gasteiger partial charge in [-0.25, -0.2) is 0 Å². The van der Waals surface area contributed by atoms with Crippen LogP contribution in [0.15, 0.2) is 24.3 Å². The quantitative estimate of drug-likeness (QED) is 0.133. The van der Waals surface area contributed by atoms with E-state index >= 15 is 0 Å². The Bertz CT molecular complexity index is 1210. The summed E-state index contributed by atoms with van der Waals surface area (Å²) in [7, 11) is 5.76. The SMILES string of the molecule is COCCBr.COCCOc1cc(C(C)(C)C)c(OC)cc1C(C)(C)C.COc1cc(C(C)(C)C)c(O)cc1C(C)(C)C.O=CO[O-].[2H]CF.[Cs+].[Cs+].[H-]. The molecule has 0 saturated heterocycles. The van der Waals surface area contributed by atoms with Crippen LogP contribution in [0.2, 0.25) is 0 Å². The van der Waals surface area contributed by atoms with Crippen LogP contribution in [0.4, 0.5) is 4.39 Å². The Kier molecular flexibility index (Phi) is 36.6. The number of aromatic hydroxyl groups is 1. The summed E-state index contributed by atoms with van der Waals surface area (Å²) in [6.07, 6.45) is 0. The van der Waals surface area contributed by atoms with Gasteiger partial charge in [0.2, 0.25) is 0 Å². The standard InChI is InChI=1S/C18H30O3.C15H24O2.C3H7BrO.CH3F.CH2O3.2Cs.H/c1-17(2,3)13-12-16(21-10-9-19-7)14(18(4,5)6)11-15(13)20-8;1-14(2,3)10-9-13(17-7)11(8-12(10)16)15(4,5)6;1-5-3-2-4;1-2;2-1-4-3;;;/h11-12H,9-10H2,1-8H3;8-9,16H,1-7H3;2-3H2,1H3;1H3;1,3H;;;/q;;;;;2*+1;-1/p-1/i;;;1D;;;;. The number of benzene rings is 2. The van der Waals surface area contributed by atoms with E-state index in [1.165, 1.54) is 0 Å². The predicted octanol–water partition coefficient (Wildman–Crippen LogP) is 2.48. The van der Waals surface area contributed by atoms with E-state index in [-0.39, 0.29) is 167 Å². The predicted molar refractivity (Wildman–Crippen MR) is 201 cm³/mol. The van der Waals surface area contributed by atoms with Gasteiger partial charge in [0.05, 0.1) is 36.0 Å². The van der Waals surface area contributed by atoms with Crippen LogP contribution in [0.5, 0.6) is 23.0 Å². The topological polar surface area (TPSA) is 116 Å². The van der Waals surface area contributed by atoms with Gasteiger partial charge < -0.3 is 40.4 Å². The third-order valence-electron chi connectivity index (χ3n) is 6.72. The molecule has 0 bridgehead atoms. The molecule has 2 aromatic carbocycles. The van der Waals surface area contributed by atoms with Crippen molar-refractivity contribution in [3.8, 4) is 23.0 Å². The molecule has 51 heavy (non-hydrogen) atoms. The molecule has 2 aromatic rings. The van der Waals surface area contributed by atoms with Crippen LogP contribution in [0.3, 0.4) is 0 Å². The van der Waals surface area contributed by atoms with E-state index in [0.29, 0.717) is 19.0 Å². The van der Waals surface area contributed by atoms with Crippen LogP contribution in [-0.4, -0.2) is 72.3 Å². The molecule has 0 atom stereocenters. The molecular weight excluding hydrogens is 965 g/mol. The van der Waals surface area contributed by atoms with Crippen molar-refractivity contribution in [2.45, 2.75) is 105 Å². The molecule has 288 valence electrons. The minimum atomic E-state index is -1.00. The number of rotatable bonds is 9. The van der Waals surface area contributed by atoms with Crippen molar-refractivity contribution in [3.05, 3.63) is 46.5 Å². The Balaban J connectivity index is -0.000000154. The number of alkyl halides is 2. The molecule has 1 N–H and O–H groups in total. The van der Waals surface area contributed by atoms with Gasteiger partial charge in [0, 0.05) is 41.8 Å². The number of carbonyl (C=O) groups is 1. The molecule has 0 aliphatic carbocycles. The van der Waals surface area contributed by atoms with E-state index in [0.717, 1.165) is 51.4 Å². The monoisotopic (exact) mass is 1030 g/mol. The summed E-state index contributed by atoms with van der Waals surface area (Å²) in [4.78, 5) is 11.2. The fourth-order valence-electron chi connectivity index (χ4n) is 4.26. The number of methoxy groups -OCH3 is 4. The van der Waals surface area contributed by atoms with Crippen molar-refractivity contribution in [3.63, 3.8) is 0 Å². The first-order valence-corrected chi connectivity index (χ1v) is 16.9. The third-order valence-corrected chi connectivity index (χ3v) is 7.04. The minimum absolute atomic E-state index is 0. The molecule has 0 radical (unpaired) electrons. The van der Waals surface area contributed by atoms with Crippen LogP contribution in [0.25, 0.3) is 0 Å². The normalized spacial score (nSPS) is 10.9. The Labute approximate surface area is 438 Å². The number of carbonyl (C=O) groups excluding carboxylic acids is 1. The van der Waals surface area contributed by atoms with Gasteiger partial charge in [-0.2, -0.15) is 0 Å². The van der Waals surface area contributed by atoms with Gasteiger partial charge in [-0.15, -0.1) is 0 Å². The van der Waals surface area contributed by atoms with E-state index in [1.54, 1.807) is 28.4 Å². The first kappa shape index (κ1) is 59.2. The van der Waals surface area contributed by atoms with Gasteiger partial charge in [-0.3, -0.25) is 9.18 Å². The van der Waals surface area contributed by atoms with Crippen molar-refractivity contribution < 1.29 is 189 Å². The third kappa shape index (κ3) is 26.1. The summed E-state index contributed by atoms with van der Waals surface area (Å²) in [5.74, 6) is 3.04. The zero-order valence-corrected chi connectivity index (χ0v) is 49.0. The number of phenols is 1. The molecule has 2 rings (SSSR count). The molecule has 0 fully saturated rings. The summed E-state index contributed by atoms with van der Waals surface area (Å²) in [6.45, 7) is 27.4. The second kappa shape index (κ2) is 31.6. The second-order valence-corrected chi connectivity index (χ2v) is 15.6. The molecule has 13 heteroatoms. The van der Waals surface area contributed by atoms with Gasteiger partial charge in [0.25, 0.3) is 6.47 Å². The zero-order valence-electron chi connectivity index (χ0n) is 36.9. The van der Waals surface area contributed by atoms with Crippen LogP contribution < -0.4 is 157 Å². The van der Waals surface area contributed by atoms with Crippen LogP contribution in [0, 0.1) is 0 Å². The van der Waals surface area contributed by atoms with Gasteiger partial charge in [0.1, 0.15) is 29.6 Å². The summed E-state index contributed by atoms with van der Waals surface area (Å²) in [6, 6.07) is 8.02. The van der Waals surface area contributed by atoms with Crippen molar-refractivity contribution in [2.75, 3.05) is 60.7 Å². The van der Waals surface area contributed by atoms with Crippen LogP contribution in [0.1, 0.15) is 108 Å². The summed E-state index contributed by atoms with van der Waals surface area (Å²) in [5, 5.41) is 19.5. The molecule has 9 nitrogen and oxygen atoms in total. The van der Waals surface area contributed by atoms with E-state index in [9.17, 15) is 9.50 Å².